The lowest BCUT2D eigenvalue weighted by molar-refractivity contribution is -0.131. The Morgan fingerprint density at radius 1 is 1.09 bits per heavy atom. The molecule has 0 saturated heterocycles. The predicted octanol–water partition coefficient (Wildman–Crippen LogP) is 6.85. The Morgan fingerprint density at radius 3 is 2.57 bits per heavy atom. The molecule has 0 unspecified atom stereocenters. The summed E-state index contributed by atoms with van der Waals surface area (Å²) in [5, 5.41) is 18.8. The van der Waals surface area contributed by atoms with Gasteiger partial charge in [0, 0.05) is 15.6 Å². The van der Waals surface area contributed by atoms with Crippen LogP contribution in [0.2, 0.25) is 10.0 Å². The van der Waals surface area contributed by atoms with Gasteiger partial charge < -0.3 is 19.0 Å². The maximum atomic E-state index is 11.8. The van der Waals surface area contributed by atoms with E-state index in [1.54, 1.807) is 48.5 Å². The number of benzene rings is 3. The number of aromatic nitrogens is 2. The van der Waals surface area contributed by atoms with Crippen molar-refractivity contribution in [1.82, 2.24) is 10.2 Å². The second-order valence-electron chi connectivity index (χ2n) is 7.08. The Labute approximate surface area is 215 Å². The van der Waals surface area contributed by atoms with Crippen molar-refractivity contribution in [3.63, 3.8) is 0 Å². The van der Waals surface area contributed by atoms with E-state index in [-0.39, 0.29) is 16.0 Å². The van der Waals surface area contributed by atoms with Crippen LogP contribution in [-0.4, -0.2) is 28.4 Å². The third kappa shape index (κ3) is 6.36. The van der Waals surface area contributed by atoms with Gasteiger partial charge in [-0.2, -0.15) is 0 Å². The van der Waals surface area contributed by atoms with Crippen LogP contribution in [-0.2, 0) is 11.4 Å². The largest absolute Gasteiger partial charge is 0.496 e. The highest BCUT2D eigenvalue weighted by Crippen LogP contribution is 2.35. The van der Waals surface area contributed by atoms with Gasteiger partial charge in [-0.3, -0.25) is 0 Å². The van der Waals surface area contributed by atoms with E-state index in [0.717, 1.165) is 17.3 Å². The number of halogens is 2. The van der Waals surface area contributed by atoms with Crippen LogP contribution in [0, 0.1) is 0 Å². The van der Waals surface area contributed by atoms with E-state index in [0.29, 0.717) is 39.3 Å². The number of rotatable bonds is 9. The summed E-state index contributed by atoms with van der Waals surface area (Å²) in [4.78, 5) is 11.8. The molecule has 10 heteroatoms. The summed E-state index contributed by atoms with van der Waals surface area (Å²) in [7, 11) is 1.51. The molecule has 178 valence electrons. The summed E-state index contributed by atoms with van der Waals surface area (Å²) in [6.45, 7) is 0.321. The van der Waals surface area contributed by atoms with Crippen LogP contribution >= 0.6 is 35.0 Å². The van der Waals surface area contributed by atoms with Crippen LogP contribution in [0.25, 0.3) is 17.5 Å². The molecule has 1 heterocycles. The zero-order valence-corrected chi connectivity index (χ0v) is 20.6. The lowest BCUT2D eigenvalue weighted by Gasteiger charge is -2.08. The first-order valence-corrected chi connectivity index (χ1v) is 11.8. The minimum absolute atomic E-state index is 0.00277. The summed E-state index contributed by atoms with van der Waals surface area (Å²) in [5.74, 6) is 0.162. The zero-order chi connectivity index (χ0) is 24.8. The normalized spacial score (nSPS) is 11.3. The quantitative estimate of drug-likeness (QED) is 0.186. The van der Waals surface area contributed by atoms with E-state index in [4.69, 9.17) is 37.1 Å². The van der Waals surface area contributed by atoms with Gasteiger partial charge in [0.25, 0.3) is 11.1 Å². The van der Waals surface area contributed by atoms with Gasteiger partial charge in [0.15, 0.2) is 0 Å². The molecular formula is C25H18Cl2N2O5S. The van der Waals surface area contributed by atoms with Crippen LogP contribution in [0.15, 0.2) is 81.3 Å². The molecule has 0 spiro atoms. The molecule has 7 nitrogen and oxygen atoms in total. The highest BCUT2D eigenvalue weighted by atomic mass is 35.5. The fourth-order valence-electron chi connectivity index (χ4n) is 3.02. The molecule has 1 N–H and O–H groups in total. The summed E-state index contributed by atoms with van der Waals surface area (Å²) in [5.41, 5.74) is 2.04. The third-order valence-electron chi connectivity index (χ3n) is 4.74. The van der Waals surface area contributed by atoms with Crippen LogP contribution in [0.3, 0.4) is 0 Å². The first kappa shape index (κ1) is 24.7. The highest BCUT2D eigenvalue weighted by Gasteiger charge is 2.18. The van der Waals surface area contributed by atoms with E-state index in [1.807, 2.05) is 18.2 Å². The fourth-order valence-corrected chi connectivity index (χ4v) is 4.06. The summed E-state index contributed by atoms with van der Waals surface area (Å²) < 4.78 is 16.7. The number of nitrogens with zero attached hydrogens (tertiary/aromatic N) is 2. The number of carbonyl (C=O) groups is 1. The maximum absolute atomic E-state index is 11.8. The molecule has 0 atom stereocenters. The molecule has 1 aromatic heterocycles. The van der Waals surface area contributed by atoms with Gasteiger partial charge in [-0.15, -0.1) is 10.2 Å². The molecule has 0 aliphatic carbocycles. The minimum atomic E-state index is -1.13. The minimum Gasteiger partial charge on any atom is -0.496 e. The molecule has 0 aliphatic heterocycles. The Balaban J connectivity index is 1.47. The summed E-state index contributed by atoms with van der Waals surface area (Å²) >= 11 is 13.1. The predicted molar refractivity (Wildman–Crippen MR) is 135 cm³/mol. The Kier molecular flexibility index (Phi) is 7.97. The van der Waals surface area contributed by atoms with E-state index in [2.05, 4.69) is 10.2 Å². The van der Waals surface area contributed by atoms with Crippen LogP contribution < -0.4 is 9.47 Å². The van der Waals surface area contributed by atoms with Gasteiger partial charge in [0.2, 0.25) is 0 Å². The monoisotopic (exact) mass is 528 g/mol. The molecule has 0 fully saturated rings. The van der Waals surface area contributed by atoms with E-state index in [9.17, 15) is 9.90 Å². The van der Waals surface area contributed by atoms with Crippen LogP contribution in [0.4, 0.5) is 0 Å². The van der Waals surface area contributed by atoms with Crippen molar-refractivity contribution in [3.8, 4) is 23.0 Å². The molecule has 3 aromatic carbocycles. The van der Waals surface area contributed by atoms with Gasteiger partial charge in [-0.1, -0.05) is 53.5 Å². The van der Waals surface area contributed by atoms with Gasteiger partial charge >= 0.3 is 5.97 Å². The topological polar surface area (TPSA) is 94.7 Å². The molecule has 0 radical (unpaired) electrons. The van der Waals surface area contributed by atoms with Gasteiger partial charge in [0.05, 0.1) is 12.7 Å². The lowest BCUT2D eigenvalue weighted by atomic mass is 10.2. The molecule has 0 bridgehead atoms. The lowest BCUT2D eigenvalue weighted by Crippen LogP contribution is -1.97. The van der Waals surface area contributed by atoms with Crippen molar-refractivity contribution in [3.05, 3.63) is 92.8 Å². The number of carboxylic acid groups (broad SMARTS) is 1. The van der Waals surface area contributed by atoms with Crippen molar-refractivity contribution in [2.45, 2.75) is 11.8 Å². The number of aliphatic carboxylic acids is 1. The molecule has 4 rings (SSSR count). The van der Waals surface area contributed by atoms with Gasteiger partial charge in [-0.05, 0) is 59.8 Å². The summed E-state index contributed by atoms with van der Waals surface area (Å²) in [6, 6.07) is 19.4. The highest BCUT2D eigenvalue weighted by molar-refractivity contribution is 8.03. The van der Waals surface area contributed by atoms with Crippen LogP contribution in [0.5, 0.6) is 11.5 Å². The number of carboxylic acids is 1. The van der Waals surface area contributed by atoms with Crippen LogP contribution in [0.1, 0.15) is 11.1 Å². The Bertz CT molecular complexity index is 1370. The average Bonchev–Trinajstić information content (AvgIpc) is 3.32. The Hall–Kier alpha value is -3.46. The summed E-state index contributed by atoms with van der Waals surface area (Å²) in [6.07, 6.45) is 1.51. The molecule has 35 heavy (non-hydrogen) atoms. The number of thioether (sulfide) groups is 1. The van der Waals surface area contributed by atoms with Gasteiger partial charge in [-0.25, -0.2) is 4.79 Å². The SMILES string of the molecule is COc1ccc(Cl)cc1-c1nnc(S/C(=C\c2ccc(OCc3ccccc3Cl)cc2)C(=O)O)o1. The fraction of sp³-hybridized carbons (Fsp3) is 0.0800. The van der Waals surface area contributed by atoms with E-state index >= 15 is 0 Å². The molecule has 0 amide bonds. The molecule has 0 aliphatic rings. The first-order chi connectivity index (χ1) is 16.9. The van der Waals surface area contributed by atoms with Crippen molar-refractivity contribution in [2.24, 2.45) is 0 Å². The number of ether oxygens (including phenoxy) is 2. The average molecular weight is 529 g/mol. The zero-order valence-electron chi connectivity index (χ0n) is 18.3. The molecule has 4 aromatic rings. The standard InChI is InChI=1S/C25H18Cl2N2O5S/c1-32-21-11-8-17(26)13-19(21)23-28-29-25(34-23)35-22(24(30)31)12-15-6-9-18(10-7-15)33-14-16-4-2-3-5-20(16)27/h2-13H,14H2,1H3,(H,30,31)/b22-12-. The second kappa shape index (κ2) is 11.3. The van der Waals surface area contributed by atoms with Crippen molar-refractivity contribution >= 4 is 47.0 Å². The first-order valence-electron chi connectivity index (χ1n) is 10.2. The molecule has 0 saturated carbocycles. The smallest absolute Gasteiger partial charge is 0.342 e. The van der Waals surface area contributed by atoms with Gasteiger partial charge in [0.1, 0.15) is 23.0 Å². The van der Waals surface area contributed by atoms with E-state index < -0.39 is 5.97 Å². The Morgan fingerprint density at radius 2 is 1.86 bits per heavy atom. The number of hydrogen-bond acceptors (Lipinski definition) is 7. The number of hydrogen-bond donors (Lipinski definition) is 1. The number of methoxy groups -OCH3 is 1. The van der Waals surface area contributed by atoms with Crippen molar-refractivity contribution in [2.75, 3.05) is 7.11 Å². The van der Waals surface area contributed by atoms with Crippen molar-refractivity contribution < 1.29 is 23.8 Å². The maximum Gasteiger partial charge on any atom is 0.342 e. The van der Waals surface area contributed by atoms with E-state index in [1.165, 1.54) is 13.2 Å². The third-order valence-corrected chi connectivity index (χ3v) is 6.19. The molecular weight excluding hydrogens is 511 g/mol. The second-order valence-corrected chi connectivity index (χ2v) is 8.92. The van der Waals surface area contributed by atoms with Crippen molar-refractivity contribution in [1.29, 1.82) is 0 Å².